The van der Waals surface area contributed by atoms with Gasteiger partial charge in [-0.1, -0.05) is 6.07 Å². The number of aryl methyl sites for hydroxylation is 1. The van der Waals surface area contributed by atoms with Crippen molar-refractivity contribution in [1.82, 2.24) is 4.98 Å². The van der Waals surface area contributed by atoms with E-state index in [0.29, 0.717) is 6.54 Å². The van der Waals surface area contributed by atoms with Crippen molar-refractivity contribution in [2.24, 2.45) is 5.73 Å². The number of halogens is 2. The van der Waals surface area contributed by atoms with Crippen molar-refractivity contribution in [3.63, 3.8) is 0 Å². The van der Waals surface area contributed by atoms with Crippen LogP contribution in [0.3, 0.4) is 0 Å². The highest BCUT2D eigenvalue weighted by Gasteiger charge is 1.94. The summed E-state index contributed by atoms with van der Waals surface area (Å²) in [6, 6.07) is 3.99. The molecule has 0 aliphatic rings. The Bertz CT molecular complexity index is 216. The van der Waals surface area contributed by atoms with Crippen LogP contribution in [0.25, 0.3) is 0 Å². The van der Waals surface area contributed by atoms with Gasteiger partial charge < -0.3 is 5.73 Å². The molecule has 0 atom stereocenters. The lowest BCUT2D eigenvalue weighted by Gasteiger charge is -1.99. The van der Waals surface area contributed by atoms with Gasteiger partial charge in [0, 0.05) is 18.3 Å². The van der Waals surface area contributed by atoms with E-state index in [0.717, 1.165) is 12.1 Å². The highest BCUT2D eigenvalue weighted by Crippen LogP contribution is 2.01. The molecule has 2 N–H and O–H groups in total. The van der Waals surface area contributed by atoms with Crippen molar-refractivity contribution >= 4 is 24.8 Å². The Kier molecular flexibility index (Phi) is 8.71. The van der Waals surface area contributed by atoms with E-state index >= 15 is 0 Å². The maximum absolute atomic E-state index is 5.39. The lowest BCUT2D eigenvalue weighted by molar-refractivity contribution is 0.910. The van der Waals surface area contributed by atoms with Crippen LogP contribution in [0, 0.1) is 6.92 Å². The van der Waals surface area contributed by atoms with Crippen LogP contribution in [-0.2, 0) is 6.42 Å². The van der Waals surface area contributed by atoms with Crippen LogP contribution >= 0.6 is 24.8 Å². The fourth-order valence-corrected chi connectivity index (χ4v) is 0.917. The predicted octanol–water partition coefficient (Wildman–Crippen LogP) is 1.73. The highest BCUT2D eigenvalue weighted by atomic mass is 35.5. The van der Waals surface area contributed by atoms with Gasteiger partial charge in [-0.15, -0.1) is 24.8 Å². The number of nitrogens with zero attached hydrogens (tertiary/aromatic N) is 1. The standard InChI is InChI=1S/C8H12N2.2ClH/c1-7-3-2-6-10-8(7)4-5-9;;/h2-3,6H,4-5,9H2,1H3;2*1H. The molecule has 2 nitrogen and oxygen atoms in total. The molecule has 0 aliphatic heterocycles. The van der Waals surface area contributed by atoms with Gasteiger partial charge in [-0.05, 0) is 25.1 Å². The molecular weight excluding hydrogens is 195 g/mol. The quantitative estimate of drug-likeness (QED) is 0.805. The zero-order valence-electron chi connectivity index (χ0n) is 6.99. The third kappa shape index (κ3) is 3.90. The molecule has 0 aliphatic carbocycles. The summed E-state index contributed by atoms with van der Waals surface area (Å²) in [5.41, 5.74) is 7.73. The summed E-state index contributed by atoms with van der Waals surface area (Å²) in [6.07, 6.45) is 2.69. The Morgan fingerprint density at radius 1 is 1.42 bits per heavy atom. The lowest BCUT2D eigenvalue weighted by Crippen LogP contribution is -2.05. The molecular formula is C8H14Cl2N2. The van der Waals surface area contributed by atoms with Crippen molar-refractivity contribution in [1.29, 1.82) is 0 Å². The Labute approximate surface area is 85.4 Å². The van der Waals surface area contributed by atoms with E-state index in [-0.39, 0.29) is 24.8 Å². The average molecular weight is 209 g/mol. The minimum atomic E-state index is 0. The van der Waals surface area contributed by atoms with E-state index in [4.69, 9.17) is 5.73 Å². The smallest absolute Gasteiger partial charge is 0.0445 e. The molecule has 0 saturated heterocycles. The van der Waals surface area contributed by atoms with Gasteiger partial charge in [-0.3, -0.25) is 4.98 Å². The highest BCUT2D eigenvalue weighted by molar-refractivity contribution is 5.85. The zero-order chi connectivity index (χ0) is 7.40. The molecule has 0 fully saturated rings. The number of hydrogen-bond donors (Lipinski definition) is 1. The molecule has 0 spiro atoms. The number of pyridine rings is 1. The Balaban J connectivity index is 0. The van der Waals surface area contributed by atoms with Gasteiger partial charge in [0.2, 0.25) is 0 Å². The molecule has 12 heavy (non-hydrogen) atoms. The van der Waals surface area contributed by atoms with Gasteiger partial charge in [-0.25, -0.2) is 0 Å². The first kappa shape index (κ1) is 14.2. The fourth-order valence-electron chi connectivity index (χ4n) is 0.917. The first-order chi connectivity index (χ1) is 4.84. The largest absolute Gasteiger partial charge is 0.330 e. The van der Waals surface area contributed by atoms with Crippen LogP contribution in [-0.4, -0.2) is 11.5 Å². The molecule has 0 aromatic carbocycles. The summed E-state index contributed by atoms with van der Waals surface area (Å²) in [4.78, 5) is 4.19. The third-order valence-corrected chi connectivity index (χ3v) is 1.50. The van der Waals surface area contributed by atoms with E-state index < -0.39 is 0 Å². The van der Waals surface area contributed by atoms with Crippen LogP contribution in [0.1, 0.15) is 11.3 Å². The second kappa shape index (κ2) is 7.35. The molecule has 70 valence electrons. The van der Waals surface area contributed by atoms with Crippen LogP contribution in [0.5, 0.6) is 0 Å². The number of nitrogens with two attached hydrogens (primary N) is 1. The summed E-state index contributed by atoms with van der Waals surface area (Å²) in [7, 11) is 0. The second-order valence-electron chi connectivity index (χ2n) is 2.31. The molecule has 1 aromatic heterocycles. The first-order valence-corrected chi connectivity index (χ1v) is 3.45. The molecule has 1 rings (SSSR count). The molecule has 0 radical (unpaired) electrons. The number of hydrogen-bond acceptors (Lipinski definition) is 2. The molecule has 1 aromatic rings. The molecule has 0 amide bonds. The van der Waals surface area contributed by atoms with Crippen molar-refractivity contribution < 1.29 is 0 Å². The van der Waals surface area contributed by atoms with Crippen molar-refractivity contribution in [2.45, 2.75) is 13.3 Å². The Hall–Kier alpha value is -0.310. The van der Waals surface area contributed by atoms with E-state index in [1.54, 1.807) is 6.20 Å². The van der Waals surface area contributed by atoms with Gasteiger partial charge in [0.15, 0.2) is 0 Å². The van der Waals surface area contributed by atoms with Crippen molar-refractivity contribution in [3.05, 3.63) is 29.6 Å². The maximum atomic E-state index is 5.39. The minimum Gasteiger partial charge on any atom is -0.330 e. The summed E-state index contributed by atoms with van der Waals surface area (Å²) in [6.45, 7) is 2.73. The van der Waals surface area contributed by atoms with E-state index in [2.05, 4.69) is 18.0 Å². The summed E-state index contributed by atoms with van der Waals surface area (Å²) < 4.78 is 0. The monoisotopic (exact) mass is 208 g/mol. The molecule has 4 heteroatoms. The summed E-state index contributed by atoms with van der Waals surface area (Å²) in [5.74, 6) is 0. The zero-order valence-corrected chi connectivity index (χ0v) is 8.62. The minimum absolute atomic E-state index is 0. The van der Waals surface area contributed by atoms with E-state index in [9.17, 15) is 0 Å². The van der Waals surface area contributed by atoms with Crippen molar-refractivity contribution in [2.75, 3.05) is 6.54 Å². The molecule has 0 unspecified atom stereocenters. The van der Waals surface area contributed by atoms with Crippen LogP contribution in [0.15, 0.2) is 18.3 Å². The lowest BCUT2D eigenvalue weighted by atomic mass is 10.2. The fraction of sp³-hybridized carbons (Fsp3) is 0.375. The van der Waals surface area contributed by atoms with Crippen LogP contribution in [0.4, 0.5) is 0 Å². The third-order valence-electron chi connectivity index (χ3n) is 1.50. The van der Waals surface area contributed by atoms with Gasteiger partial charge in [-0.2, -0.15) is 0 Å². The Morgan fingerprint density at radius 3 is 2.58 bits per heavy atom. The molecule has 1 heterocycles. The van der Waals surface area contributed by atoms with Crippen molar-refractivity contribution in [3.8, 4) is 0 Å². The first-order valence-electron chi connectivity index (χ1n) is 3.45. The second-order valence-corrected chi connectivity index (χ2v) is 2.31. The van der Waals surface area contributed by atoms with E-state index in [1.165, 1.54) is 5.56 Å². The summed E-state index contributed by atoms with van der Waals surface area (Å²) in [5, 5.41) is 0. The van der Waals surface area contributed by atoms with Crippen LogP contribution in [0.2, 0.25) is 0 Å². The molecule has 0 saturated carbocycles. The SMILES string of the molecule is Cc1cccnc1CCN.Cl.Cl. The maximum Gasteiger partial charge on any atom is 0.0445 e. The molecule has 0 bridgehead atoms. The average Bonchev–Trinajstić information content (AvgIpc) is 1.94. The number of rotatable bonds is 2. The Morgan fingerprint density at radius 2 is 2.08 bits per heavy atom. The topological polar surface area (TPSA) is 38.9 Å². The van der Waals surface area contributed by atoms with Gasteiger partial charge in [0.05, 0.1) is 0 Å². The van der Waals surface area contributed by atoms with Gasteiger partial charge in [0.1, 0.15) is 0 Å². The van der Waals surface area contributed by atoms with E-state index in [1.807, 2.05) is 6.07 Å². The van der Waals surface area contributed by atoms with Crippen LogP contribution < -0.4 is 5.73 Å². The van der Waals surface area contributed by atoms with Gasteiger partial charge in [0.25, 0.3) is 0 Å². The van der Waals surface area contributed by atoms with Gasteiger partial charge >= 0.3 is 0 Å². The number of aromatic nitrogens is 1. The summed E-state index contributed by atoms with van der Waals surface area (Å²) >= 11 is 0. The predicted molar refractivity (Wildman–Crippen MR) is 56.2 cm³/mol. The normalized spacial score (nSPS) is 8.17.